The number of ketones is 1. The van der Waals surface area contributed by atoms with Crippen molar-refractivity contribution < 1.29 is 19.1 Å². The average Bonchev–Trinajstić information content (AvgIpc) is 3.26. The van der Waals surface area contributed by atoms with Crippen molar-refractivity contribution in [2.75, 3.05) is 20.2 Å². The smallest absolute Gasteiger partial charge is 0.253 e. The number of amides is 1. The van der Waals surface area contributed by atoms with Gasteiger partial charge in [-0.25, -0.2) is 0 Å². The molecule has 1 fully saturated rings. The molecule has 3 rings (SSSR count). The number of benzene rings is 2. The zero-order valence-electron chi connectivity index (χ0n) is 15.9. The van der Waals surface area contributed by atoms with Crippen LogP contribution < -0.4 is 9.47 Å². The van der Waals surface area contributed by atoms with Gasteiger partial charge in [0.2, 0.25) is 0 Å². The van der Waals surface area contributed by atoms with E-state index in [0.717, 1.165) is 31.5 Å². The van der Waals surface area contributed by atoms with Crippen LogP contribution in [-0.2, 0) is 6.61 Å². The molecule has 2 aromatic carbocycles. The van der Waals surface area contributed by atoms with E-state index in [1.165, 1.54) is 0 Å². The summed E-state index contributed by atoms with van der Waals surface area (Å²) in [7, 11) is 1.56. The van der Waals surface area contributed by atoms with Crippen LogP contribution in [0.1, 0.15) is 52.5 Å². The third-order valence-electron chi connectivity index (χ3n) is 4.80. The number of likely N-dealkylation sites (tertiary alicyclic amines) is 1. The molecule has 0 aliphatic carbocycles. The topological polar surface area (TPSA) is 55.8 Å². The summed E-state index contributed by atoms with van der Waals surface area (Å²) in [5.74, 6) is 1.29. The number of Topliss-reactive ketones (excluding diaryl/α,β-unsaturated/α-hetero) is 1. The Morgan fingerprint density at radius 2 is 1.63 bits per heavy atom. The molecule has 0 unspecified atom stereocenters. The number of ether oxygens (including phenoxy) is 2. The summed E-state index contributed by atoms with van der Waals surface area (Å²) in [6.45, 7) is 3.88. The van der Waals surface area contributed by atoms with E-state index in [1.54, 1.807) is 25.3 Å². The van der Waals surface area contributed by atoms with Crippen LogP contribution in [0.2, 0.25) is 0 Å². The van der Waals surface area contributed by atoms with Crippen molar-refractivity contribution >= 4 is 11.7 Å². The Hall–Kier alpha value is -2.82. The second-order valence-electron chi connectivity index (χ2n) is 6.63. The van der Waals surface area contributed by atoms with Crippen LogP contribution >= 0.6 is 0 Å². The molecule has 0 radical (unpaired) electrons. The minimum atomic E-state index is 0.0677. The van der Waals surface area contributed by atoms with E-state index < -0.39 is 0 Å². The maximum absolute atomic E-state index is 12.4. The first-order chi connectivity index (χ1) is 13.1. The Morgan fingerprint density at radius 3 is 2.26 bits per heavy atom. The van der Waals surface area contributed by atoms with Gasteiger partial charge in [-0.2, -0.15) is 0 Å². The number of carbonyl (C=O) groups is 2. The lowest BCUT2D eigenvalue weighted by molar-refractivity contribution is 0.0792. The Kier molecular flexibility index (Phi) is 6.12. The second-order valence-corrected chi connectivity index (χ2v) is 6.63. The number of methoxy groups -OCH3 is 1. The van der Waals surface area contributed by atoms with E-state index in [9.17, 15) is 9.59 Å². The number of hydrogen-bond donors (Lipinski definition) is 0. The molecular weight excluding hydrogens is 342 g/mol. The van der Waals surface area contributed by atoms with E-state index in [2.05, 4.69) is 0 Å². The minimum absolute atomic E-state index is 0.0677. The zero-order chi connectivity index (χ0) is 19.2. The van der Waals surface area contributed by atoms with Crippen LogP contribution in [0.25, 0.3) is 0 Å². The summed E-state index contributed by atoms with van der Waals surface area (Å²) in [4.78, 5) is 26.1. The fourth-order valence-electron chi connectivity index (χ4n) is 3.17. The van der Waals surface area contributed by atoms with E-state index in [-0.39, 0.29) is 11.7 Å². The van der Waals surface area contributed by atoms with E-state index in [1.807, 2.05) is 36.1 Å². The largest absolute Gasteiger partial charge is 0.493 e. The third kappa shape index (κ3) is 4.48. The summed E-state index contributed by atoms with van der Waals surface area (Å²) in [6, 6.07) is 12.7. The summed E-state index contributed by atoms with van der Waals surface area (Å²) < 4.78 is 11.2. The van der Waals surface area contributed by atoms with Gasteiger partial charge in [0, 0.05) is 30.6 Å². The summed E-state index contributed by atoms with van der Waals surface area (Å²) in [5, 5.41) is 0. The minimum Gasteiger partial charge on any atom is -0.493 e. The summed E-state index contributed by atoms with van der Waals surface area (Å²) >= 11 is 0. The highest BCUT2D eigenvalue weighted by Gasteiger charge is 2.19. The third-order valence-corrected chi connectivity index (χ3v) is 4.80. The molecular formula is C22H25NO4. The lowest BCUT2D eigenvalue weighted by Gasteiger charge is -2.15. The van der Waals surface area contributed by atoms with Crippen molar-refractivity contribution in [1.29, 1.82) is 0 Å². The molecule has 142 valence electrons. The van der Waals surface area contributed by atoms with Crippen molar-refractivity contribution in [3.8, 4) is 11.5 Å². The highest BCUT2D eigenvalue weighted by molar-refractivity contribution is 5.96. The number of carbonyl (C=O) groups excluding carboxylic acids is 2. The SMILES string of the molecule is CCC(=O)c1ccc(OCc2ccc(C(=O)N3CCCC3)cc2)c(OC)c1. The van der Waals surface area contributed by atoms with Crippen LogP contribution in [0.15, 0.2) is 42.5 Å². The van der Waals surface area contributed by atoms with Crippen molar-refractivity contribution in [1.82, 2.24) is 4.90 Å². The van der Waals surface area contributed by atoms with Crippen molar-refractivity contribution in [3.05, 3.63) is 59.2 Å². The average molecular weight is 367 g/mol. The molecule has 5 heteroatoms. The van der Waals surface area contributed by atoms with Gasteiger partial charge in [0.1, 0.15) is 6.61 Å². The zero-order valence-corrected chi connectivity index (χ0v) is 15.9. The van der Waals surface area contributed by atoms with Crippen LogP contribution in [0.4, 0.5) is 0 Å². The molecule has 27 heavy (non-hydrogen) atoms. The maximum Gasteiger partial charge on any atom is 0.253 e. The predicted octanol–water partition coefficient (Wildman–Crippen LogP) is 4.10. The normalized spacial score (nSPS) is 13.5. The van der Waals surface area contributed by atoms with Crippen LogP contribution in [0.3, 0.4) is 0 Å². The number of rotatable bonds is 7. The van der Waals surface area contributed by atoms with Gasteiger partial charge in [0.25, 0.3) is 5.91 Å². The first-order valence-corrected chi connectivity index (χ1v) is 9.34. The predicted molar refractivity (Wildman–Crippen MR) is 104 cm³/mol. The molecule has 1 amide bonds. The number of hydrogen-bond acceptors (Lipinski definition) is 4. The van der Waals surface area contributed by atoms with Gasteiger partial charge in [0.15, 0.2) is 17.3 Å². The molecule has 1 aliphatic rings. The maximum atomic E-state index is 12.4. The molecule has 1 saturated heterocycles. The first-order valence-electron chi connectivity index (χ1n) is 9.34. The summed E-state index contributed by atoms with van der Waals surface area (Å²) in [6.07, 6.45) is 2.62. The Bertz CT molecular complexity index is 808. The van der Waals surface area contributed by atoms with Gasteiger partial charge >= 0.3 is 0 Å². The number of nitrogens with zero attached hydrogens (tertiary/aromatic N) is 1. The second kappa shape index (κ2) is 8.71. The molecule has 5 nitrogen and oxygen atoms in total. The van der Waals surface area contributed by atoms with Crippen molar-refractivity contribution in [2.45, 2.75) is 32.8 Å². The highest BCUT2D eigenvalue weighted by Crippen LogP contribution is 2.29. The van der Waals surface area contributed by atoms with E-state index >= 15 is 0 Å². The lowest BCUT2D eigenvalue weighted by Crippen LogP contribution is -2.27. The fourth-order valence-corrected chi connectivity index (χ4v) is 3.17. The van der Waals surface area contributed by atoms with Gasteiger partial charge in [-0.1, -0.05) is 19.1 Å². The van der Waals surface area contributed by atoms with Crippen LogP contribution in [-0.4, -0.2) is 36.8 Å². The molecule has 0 aromatic heterocycles. The quantitative estimate of drug-likeness (QED) is 0.691. The van der Waals surface area contributed by atoms with Crippen LogP contribution in [0.5, 0.6) is 11.5 Å². The molecule has 1 heterocycles. The molecule has 2 aromatic rings. The van der Waals surface area contributed by atoms with Crippen molar-refractivity contribution in [2.24, 2.45) is 0 Å². The molecule has 0 spiro atoms. The van der Waals surface area contributed by atoms with E-state index in [0.29, 0.717) is 35.7 Å². The first kappa shape index (κ1) is 19.0. The van der Waals surface area contributed by atoms with Gasteiger partial charge < -0.3 is 14.4 Å². The molecule has 0 atom stereocenters. The molecule has 0 saturated carbocycles. The molecule has 0 N–H and O–H groups in total. The molecule has 0 bridgehead atoms. The van der Waals surface area contributed by atoms with Crippen molar-refractivity contribution in [3.63, 3.8) is 0 Å². The fraction of sp³-hybridized carbons (Fsp3) is 0.364. The lowest BCUT2D eigenvalue weighted by atomic mass is 10.1. The monoisotopic (exact) mass is 367 g/mol. The van der Waals surface area contributed by atoms with Gasteiger partial charge in [-0.15, -0.1) is 0 Å². The van der Waals surface area contributed by atoms with E-state index in [4.69, 9.17) is 9.47 Å². The van der Waals surface area contributed by atoms with Crippen LogP contribution in [0, 0.1) is 0 Å². The van der Waals surface area contributed by atoms with Gasteiger partial charge in [-0.3, -0.25) is 9.59 Å². The molecule has 1 aliphatic heterocycles. The summed E-state index contributed by atoms with van der Waals surface area (Å²) in [5.41, 5.74) is 2.29. The Morgan fingerprint density at radius 1 is 0.963 bits per heavy atom. The highest BCUT2D eigenvalue weighted by atomic mass is 16.5. The van der Waals surface area contributed by atoms with Gasteiger partial charge in [0.05, 0.1) is 7.11 Å². The Balaban J connectivity index is 1.64. The Labute approximate surface area is 159 Å². The standard InChI is InChI=1S/C22H25NO4/c1-3-19(24)18-10-11-20(21(14-18)26-2)27-15-16-6-8-17(9-7-16)22(25)23-12-4-5-13-23/h6-11,14H,3-5,12-13,15H2,1-2H3. The van der Waals surface area contributed by atoms with Gasteiger partial charge in [-0.05, 0) is 48.7 Å².